The van der Waals surface area contributed by atoms with Gasteiger partial charge in [-0.3, -0.25) is 0 Å². The van der Waals surface area contributed by atoms with Crippen LogP contribution < -0.4 is 5.73 Å². The first-order chi connectivity index (χ1) is 10.2. The molecule has 2 heterocycles. The molecule has 0 saturated carbocycles. The zero-order chi connectivity index (χ0) is 14.7. The number of nitrogens with two attached hydrogens (primary N) is 1. The van der Waals surface area contributed by atoms with E-state index in [1.54, 1.807) is 6.07 Å². The largest absolute Gasteiger partial charge is 0.375 e. The average Bonchev–Trinajstić information content (AvgIpc) is 3.09. The summed E-state index contributed by atoms with van der Waals surface area (Å²) in [5.74, 6) is 1.13. The number of aryl methyl sites for hydroxylation is 2. The first kappa shape index (κ1) is 14.0. The lowest BCUT2D eigenvalue weighted by Crippen LogP contribution is -1.92. The second-order valence-electron chi connectivity index (χ2n) is 4.52. The lowest BCUT2D eigenvalue weighted by Gasteiger charge is -1.96. The van der Waals surface area contributed by atoms with Crippen LogP contribution in [0.2, 0.25) is 5.02 Å². The Morgan fingerprint density at radius 3 is 2.81 bits per heavy atom. The van der Waals surface area contributed by atoms with Crippen molar-refractivity contribution in [2.24, 2.45) is 0 Å². The SMILES string of the molecule is Nc1nc(CCCc2nc(-c3ccccc3Cl)no2)cs1. The Hall–Kier alpha value is -1.92. The smallest absolute Gasteiger partial charge is 0.226 e. The Morgan fingerprint density at radius 2 is 2.05 bits per heavy atom. The standard InChI is InChI=1S/C14H13ClN4OS/c15-11-6-2-1-5-10(11)13-18-12(20-19-13)7-3-4-9-8-21-14(16)17-9/h1-2,5-6,8H,3-4,7H2,(H2,16,17). The van der Waals surface area contributed by atoms with Crippen molar-refractivity contribution >= 4 is 28.1 Å². The third kappa shape index (κ3) is 3.40. The van der Waals surface area contributed by atoms with Crippen LogP contribution in [0.5, 0.6) is 0 Å². The first-order valence-corrected chi connectivity index (χ1v) is 7.75. The molecule has 108 valence electrons. The van der Waals surface area contributed by atoms with E-state index in [9.17, 15) is 0 Å². The van der Waals surface area contributed by atoms with Crippen LogP contribution in [0.3, 0.4) is 0 Å². The van der Waals surface area contributed by atoms with Crippen LogP contribution in [-0.4, -0.2) is 15.1 Å². The number of benzene rings is 1. The van der Waals surface area contributed by atoms with Crippen LogP contribution in [0.4, 0.5) is 5.13 Å². The number of nitrogens with zero attached hydrogens (tertiary/aromatic N) is 3. The van der Waals surface area contributed by atoms with Gasteiger partial charge in [-0.15, -0.1) is 11.3 Å². The number of aromatic nitrogens is 3. The quantitative estimate of drug-likeness (QED) is 0.777. The van der Waals surface area contributed by atoms with E-state index in [4.69, 9.17) is 21.9 Å². The molecule has 0 aliphatic rings. The first-order valence-electron chi connectivity index (χ1n) is 6.50. The topological polar surface area (TPSA) is 77.8 Å². The van der Waals surface area contributed by atoms with E-state index < -0.39 is 0 Å². The summed E-state index contributed by atoms with van der Waals surface area (Å²) < 4.78 is 5.25. The predicted molar refractivity (Wildman–Crippen MR) is 83.3 cm³/mol. The molecule has 0 fully saturated rings. The summed E-state index contributed by atoms with van der Waals surface area (Å²) in [6.45, 7) is 0. The number of halogens is 1. The molecule has 3 rings (SSSR count). The lowest BCUT2D eigenvalue weighted by molar-refractivity contribution is 0.376. The van der Waals surface area contributed by atoms with Crippen molar-refractivity contribution in [1.82, 2.24) is 15.1 Å². The van der Waals surface area contributed by atoms with Crippen molar-refractivity contribution in [3.05, 3.63) is 46.3 Å². The summed E-state index contributed by atoms with van der Waals surface area (Å²) in [4.78, 5) is 8.59. The number of hydrogen-bond acceptors (Lipinski definition) is 6. The van der Waals surface area contributed by atoms with E-state index in [2.05, 4.69) is 15.1 Å². The highest BCUT2D eigenvalue weighted by Crippen LogP contribution is 2.25. The van der Waals surface area contributed by atoms with Crippen molar-refractivity contribution < 1.29 is 4.52 Å². The molecule has 0 radical (unpaired) electrons. The van der Waals surface area contributed by atoms with Gasteiger partial charge in [0.2, 0.25) is 11.7 Å². The molecule has 0 unspecified atom stereocenters. The fraction of sp³-hybridized carbons (Fsp3) is 0.214. The molecule has 0 spiro atoms. The van der Waals surface area contributed by atoms with Gasteiger partial charge < -0.3 is 10.3 Å². The van der Waals surface area contributed by atoms with Gasteiger partial charge in [-0.05, 0) is 25.0 Å². The van der Waals surface area contributed by atoms with E-state index >= 15 is 0 Å². The number of anilines is 1. The van der Waals surface area contributed by atoms with E-state index in [-0.39, 0.29) is 0 Å². The summed E-state index contributed by atoms with van der Waals surface area (Å²) >= 11 is 7.57. The van der Waals surface area contributed by atoms with Crippen molar-refractivity contribution in [2.45, 2.75) is 19.3 Å². The molecule has 1 aromatic carbocycles. The Morgan fingerprint density at radius 1 is 1.19 bits per heavy atom. The second-order valence-corrected chi connectivity index (χ2v) is 5.82. The van der Waals surface area contributed by atoms with Gasteiger partial charge in [-0.1, -0.05) is 28.9 Å². The van der Waals surface area contributed by atoms with Crippen molar-refractivity contribution in [2.75, 3.05) is 5.73 Å². The van der Waals surface area contributed by atoms with E-state index in [1.807, 2.05) is 23.6 Å². The normalized spacial score (nSPS) is 10.9. The Balaban J connectivity index is 1.62. The van der Waals surface area contributed by atoms with E-state index in [0.717, 1.165) is 24.1 Å². The highest BCUT2D eigenvalue weighted by Gasteiger charge is 2.11. The van der Waals surface area contributed by atoms with Gasteiger partial charge in [0, 0.05) is 17.4 Å². The molecule has 0 aliphatic heterocycles. The number of nitrogen functional groups attached to an aromatic ring is 1. The van der Waals surface area contributed by atoms with E-state index in [0.29, 0.717) is 28.3 Å². The van der Waals surface area contributed by atoms with Crippen LogP contribution in [0, 0.1) is 0 Å². The van der Waals surface area contributed by atoms with Crippen molar-refractivity contribution in [3.8, 4) is 11.4 Å². The molecule has 3 aromatic rings. The van der Waals surface area contributed by atoms with Gasteiger partial charge in [-0.25, -0.2) is 4.98 Å². The Labute approximate surface area is 130 Å². The van der Waals surface area contributed by atoms with E-state index in [1.165, 1.54) is 11.3 Å². The third-order valence-corrected chi connectivity index (χ3v) is 4.03. The highest BCUT2D eigenvalue weighted by molar-refractivity contribution is 7.13. The van der Waals surface area contributed by atoms with Gasteiger partial charge in [0.05, 0.1) is 10.7 Å². The second kappa shape index (κ2) is 6.24. The maximum atomic E-state index is 6.11. The molecule has 7 heteroatoms. The zero-order valence-corrected chi connectivity index (χ0v) is 12.7. The molecule has 0 amide bonds. The van der Waals surface area contributed by atoms with Crippen LogP contribution in [0.1, 0.15) is 18.0 Å². The number of rotatable bonds is 5. The maximum Gasteiger partial charge on any atom is 0.226 e. The minimum atomic E-state index is 0.522. The summed E-state index contributed by atoms with van der Waals surface area (Å²) in [5, 5.41) is 7.16. The summed E-state index contributed by atoms with van der Waals surface area (Å²) in [6, 6.07) is 7.44. The molecule has 0 bridgehead atoms. The Bertz CT molecular complexity index is 740. The Kier molecular flexibility index (Phi) is 4.17. The molecule has 0 saturated heterocycles. The van der Waals surface area contributed by atoms with Gasteiger partial charge >= 0.3 is 0 Å². The molecular formula is C14H13ClN4OS. The molecule has 0 aliphatic carbocycles. The van der Waals surface area contributed by atoms with Crippen molar-refractivity contribution in [3.63, 3.8) is 0 Å². The van der Waals surface area contributed by atoms with Crippen molar-refractivity contribution in [1.29, 1.82) is 0 Å². The van der Waals surface area contributed by atoms with Gasteiger partial charge in [0.25, 0.3) is 0 Å². The molecular weight excluding hydrogens is 308 g/mol. The molecule has 2 N–H and O–H groups in total. The number of hydrogen-bond donors (Lipinski definition) is 1. The average molecular weight is 321 g/mol. The third-order valence-electron chi connectivity index (χ3n) is 2.98. The minimum absolute atomic E-state index is 0.522. The lowest BCUT2D eigenvalue weighted by atomic mass is 10.2. The van der Waals surface area contributed by atoms with Crippen LogP contribution in [0.15, 0.2) is 34.2 Å². The van der Waals surface area contributed by atoms with Crippen LogP contribution in [-0.2, 0) is 12.8 Å². The van der Waals surface area contributed by atoms with Gasteiger partial charge in [-0.2, -0.15) is 4.98 Å². The molecule has 5 nitrogen and oxygen atoms in total. The molecule has 0 atom stereocenters. The van der Waals surface area contributed by atoms with Gasteiger partial charge in [0.15, 0.2) is 5.13 Å². The fourth-order valence-corrected chi connectivity index (χ4v) is 2.78. The fourth-order valence-electron chi connectivity index (χ4n) is 1.97. The molecule has 21 heavy (non-hydrogen) atoms. The van der Waals surface area contributed by atoms with Gasteiger partial charge in [0.1, 0.15) is 0 Å². The van der Waals surface area contributed by atoms with Crippen LogP contribution in [0.25, 0.3) is 11.4 Å². The monoisotopic (exact) mass is 320 g/mol. The predicted octanol–water partition coefficient (Wildman–Crippen LogP) is 3.60. The summed E-state index contributed by atoms with van der Waals surface area (Å²) in [5.41, 5.74) is 7.38. The highest BCUT2D eigenvalue weighted by atomic mass is 35.5. The van der Waals surface area contributed by atoms with Crippen LogP contribution >= 0.6 is 22.9 Å². The summed E-state index contributed by atoms with van der Waals surface area (Å²) in [7, 11) is 0. The summed E-state index contributed by atoms with van der Waals surface area (Å²) in [6.07, 6.45) is 2.43. The minimum Gasteiger partial charge on any atom is -0.375 e. The zero-order valence-electron chi connectivity index (χ0n) is 11.1. The maximum absolute atomic E-state index is 6.11. The number of thiazole rings is 1. The molecule has 2 aromatic heterocycles.